The number of benzene rings is 1. The molecule has 3 aromatic rings. The summed E-state index contributed by atoms with van der Waals surface area (Å²) in [7, 11) is 1.62. The molecule has 2 heterocycles. The molecule has 27 heavy (non-hydrogen) atoms. The van der Waals surface area contributed by atoms with E-state index in [1.807, 2.05) is 6.07 Å². The first-order valence-corrected chi connectivity index (χ1v) is 8.87. The van der Waals surface area contributed by atoms with Gasteiger partial charge in [-0.3, -0.25) is 9.59 Å². The summed E-state index contributed by atoms with van der Waals surface area (Å²) >= 11 is 6.22. The van der Waals surface area contributed by atoms with E-state index in [-0.39, 0.29) is 18.0 Å². The number of aryl methyl sites for hydroxylation is 1. The van der Waals surface area contributed by atoms with Crippen LogP contribution in [0, 0.1) is 6.92 Å². The van der Waals surface area contributed by atoms with E-state index >= 15 is 0 Å². The third kappa shape index (κ3) is 4.17. The summed E-state index contributed by atoms with van der Waals surface area (Å²) in [6.07, 6.45) is 0.725. The summed E-state index contributed by atoms with van der Waals surface area (Å²) in [6, 6.07) is 8.56. The van der Waals surface area contributed by atoms with Crippen molar-refractivity contribution < 1.29 is 9.53 Å². The number of carbonyl (C=O) groups excluding carboxylic acids is 1. The molecule has 3 rings (SSSR count). The van der Waals surface area contributed by atoms with Crippen molar-refractivity contribution in [2.24, 2.45) is 0 Å². The monoisotopic (exact) mass is 389 g/mol. The maximum atomic E-state index is 12.3. The summed E-state index contributed by atoms with van der Waals surface area (Å²) in [5.74, 6) is 0.446. The molecule has 0 aliphatic rings. The van der Waals surface area contributed by atoms with Crippen LogP contribution in [-0.2, 0) is 16.1 Å². The summed E-state index contributed by atoms with van der Waals surface area (Å²) in [5, 5.41) is 7.59. The molecule has 0 spiro atoms. The SMILES string of the molecule is COCCCNC(=O)Cn1c(C)cc(=O)n2nc(-c3ccccc3Cl)nc12. The lowest BCUT2D eigenvalue weighted by molar-refractivity contribution is -0.121. The number of nitrogens with zero attached hydrogens (tertiary/aromatic N) is 4. The van der Waals surface area contributed by atoms with Crippen molar-refractivity contribution in [2.45, 2.75) is 19.9 Å². The van der Waals surface area contributed by atoms with Gasteiger partial charge in [-0.1, -0.05) is 23.7 Å². The van der Waals surface area contributed by atoms with Crippen LogP contribution in [0.5, 0.6) is 0 Å². The van der Waals surface area contributed by atoms with Gasteiger partial charge in [0.05, 0.1) is 5.02 Å². The molecule has 142 valence electrons. The number of nitrogens with one attached hydrogen (secondary N) is 1. The van der Waals surface area contributed by atoms with Crippen LogP contribution >= 0.6 is 11.6 Å². The summed E-state index contributed by atoms with van der Waals surface area (Å²) < 4.78 is 7.80. The van der Waals surface area contributed by atoms with Crippen LogP contribution in [0.25, 0.3) is 17.2 Å². The van der Waals surface area contributed by atoms with Gasteiger partial charge in [-0.05, 0) is 25.5 Å². The highest BCUT2D eigenvalue weighted by molar-refractivity contribution is 6.33. The van der Waals surface area contributed by atoms with Gasteiger partial charge >= 0.3 is 0 Å². The Balaban J connectivity index is 1.95. The van der Waals surface area contributed by atoms with Crippen LogP contribution in [-0.4, -0.2) is 45.3 Å². The molecular formula is C18H20ClN5O3. The lowest BCUT2D eigenvalue weighted by Crippen LogP contribution is -2.31. The van der Waals surface area contributed by atoms with Crippen molar-refractivity contribution in [3.05, 3.63) is 51.4 Å². The molecule has 1 amide bonds. The summed E-state index contributed by atoms with van der Waals surface area (Å²) in [4.78, 5) is 29.0. The molecule has 2 aromatic heterocycles. The van der Waals surface area contributed by atoms with Gasteiger partial charge in [0, 0.05) is 37.6 Å². The molecule has 0 aliphatic carbocycles. The highest BCUT2D eigenvalue weighted by Gasteiger charge is 2.16. The maximum Gasteiger partial charge on any atom is 0.275 e. The quantitative estimate of drug-likeness (QED) is 0.621. The number of hydrogen-bond acceptors (Lipinski definition) is 5. The van der Waals surface area contributed by atoms with Gasteiger partial charge in [0.15, 0.2) is 5.82 Å². The molecule has 1 N–H and O–H groups in total. The van der Waals surface area contributed by atoms with Gasteiger partial charge in [-0.15, -0.1) is 5.10 Å². The predicted octanol–water partition coefficient (Wildman–Crippen LogP) is 1.67. The molecule has 0 aliphatic heterocycles. The van der Waals surface area contributed by atoms with Gasteiger partial charge in [0.1, 0.15) is 6.54 Å². The Morgan fingerprint density at radius 2 is 2.11 bits per heavy atom. The maximum absolute atomic E-state index is 12.3. The van der Waals surface area contributed by atoms with E-state index in [0.717, 1.165) is 6.42 Å². The minimum absolute atomic E-state index is 0.0310. The van der Waals surface area contributed by atoms with Gasteiger partial charge in [0.25, 0.3) is 5.56 Å². The molecule has 9 heteroatoms. The number of carbonyl (C=O) groups is 1. The predicted molar refractivity (Wildman–Crippen MR) is 102 cm³/mol. The largest absolute Gasteiger partial charge is 0.385 e. The standard InChI is InChI=1S/C18H20ClN5O3/c1-12-10-16(26)24-18(23(12)11-15(25)20-8-5-9-27-2)21-17(22-24)13-6-3-4-7-14(13)19/h3-4,6-7,10H,5,8-9,11H2,1-2H3,(H,20,25). The second-order valence-corrected chi connectivity index (χ2v) is 6.44. The highest BCUT2D eigenvalue weighted by Crippen LogP contribution is 2.24. The van der Waals surface area contributed by atoms with E-state index < -0.39 is 0 Å². The molecule has 0 bridgehead atoms. The first kappa shape index (κ1) is 19.1. The van der Waals surface area contributed by atoms with Crippen molar-refractivity contribution >= 4 is 23.3 Å². The van der Waals surface area contributed by atoms with Crippen LogP contribution in [0.1, 0.15) is 12.1 Å². The van der Waals surface area contributed by atoms with Crippen LogP contribution in [0.3, 0.4) is 0 Å². The Morgan fingerprint density at radius 1 is 1.33 bits per heavy atom. The fraction of sp³-hybridized carbons (Fsp3) is 0.333. The Kier molecular flexibility index (Phi) is 5.88. The molecule has 0 saturated carbocycles. The van der Waals surface area contributed by atoms with Crippen molar-refractivity contribution in [2.75, 3.05) is 20.3 Å². The number of ether oxygens (including phenoxy) is 1. The van der Waals surface area contributed by atoms with Crippen LogP contribution in [0.4, 0.5) is 0 Å². The third-order valence-corrected chi connectivity index (χ3v) is 4.39. The first-order valence-electron chi connectivity index (χ1n) is 8.49. The van der Waals surface area contributed by atoms with Crippen molar-refractivity contribution in [1.82, 2.24) is 24.5 Å². The average Bonchev–Trinajstić information content (AvgIpc) is 3.08. The lowest BCUT2D eigenvalue weighted by atomic mass is 10.2. The highest BCUT2D eigenvalue weighted by atomic mass is 35.5. The van der Waals surface area contributed by atoms with E-state index in [0.29, 0.717) is 41.0 Å². The van der Waals surface area contributed by atoms with Crippen molar-refractivity contribution in [1.29, 1.82) is 0 Å². The molecule has 0 saturated heterocycles. The molecule has 1 aromatic carbocycles. The number of aromatic nitrogens is 4. The Bertz CT molecular complexity index is 1030. The molecule has 0 fully saturated rings. The van der Waals surface area contributed by atoms with Crippen molar-refractivity contribution in [3.8, 4) is 11.4 Å². The Labute approximate surface area is 160 Å². The second-order valence-electron chi connectivity index (χ2n) is 6.03. The first-order chi connectivity index (χ1) is 13.0. The number of amides is 1. The van der Waals surface area contributed by atoms with E-state index in [1.165, 1.54) is 10.6 Å². The van der Waals surface area contributed by atoms with Crippen LogP contribution in [0.15, 0.2) is 35.1 Å². The van der Waals surface area contributed by atoms with Crippen LogP contribution < -0.4 is 10.9 Å². The van der Waals surface area contributed by atoms with Crippen LogP contribution in [0.2, 0.25) is 5.02 Å². The fourth-order valence-corrected chi connectivity index (χ4v) is 2.92. The number of methoxy groups -OCH3 is 1. The van der Waals surface area contributed by atoms with Gasteiger partial charge in [-0.25, -0.2) is 0 Å². The van der Waals surface area contributed by atoms with E-state index in [4.69, 9.17) is 16.3 Å². The van der Waals surface area contributed by atoms with Gasteiger partial charge < -0.3 is 14.6 Å². The zero-order valence-electron chi connectivity index (χ0n) is 15.1. The average molecular weight is 390 g/mol. The van der Waals surface area contributed by atoms with E-state index in [2.05, 4.69) is 15.4 Å². The van der Waals surface area contributed by atoms with E-state index in [1.54, 1.807) is 36.8 Å². The Morgan fingerprint density at radius 3 is 2.85 bits per heavy atom. The Hall–Kier alpha value is -2.71. The minimum atomic E-state index is -0.315. The zero-order valence-corrected chi connectivity index (χ0v) is 15.9. The molecular weight excluding hydrogens is 370 g/mol. The smallest absolute Gasteiger partial charge is 0.275 e. The third-order valence-electron chi connectivity index (χ3n) is 4.06. The second kappa shape index (κ2) is 8.32. The number of hydrogen-bond donors (Lipinski definition) is 1. The molecule has 0 radical (unpaired) electrons. The molecule has 0 atom stereocenters. The number of fused-ring (bicyclic) bond motifs is 1. The fourth-order valence-electron chi connectivity index (χ4n) is 2.70. The topological polar surface area (TPSA) is 90.5 Å². The molecule has 0 unspecified atom stereocenters. The number of halogens is 1. The van der Waals surface area contributed by atoms with Gasteiger partial charge in [0.2, 0.25) is 11.7 Å². The zero-order chi connectivity index (χ0) is 19.4. The summed E-state index contributed by atoms with van der Waals surface area (Å²) in [5.41, 5.74) is 0.929. The van der Waals surface area contributed by atoms with E-state index in [9.17, 15) is 9.59 Å². The molecule has 8 nitrogen and oxygen atoms in total. The van der Waals surface area contributed by atoms with Gasteiger partial charge in [-0.2, -0.15) is 9.50 Å². The lowest BCUT2D eigenvalue weighted by Gasteiger charge is -2.11. The number of rotatable bonds is 7. The minimum Gasteiger partial charge on any atom is -0.385 e. The normalized spacial score (nSPS) is 11.1. The summed E-state index contributed by atoms with van der Waals surface area (Å²) in [6.45, 7) is 2.87. The van der Waals surface area contributed by atoms with Crippen molar-refractivity contribution in [3.63, 3.8) is 0 Å².